The van der Waals surface area contributed by atoms with Crippen LogP contribution in [-0.4, -0.2) is 54.5 Å². The minimum atomic E-state index is -0.662. The molecule has 2 atom stereocenters. The number of nitrogens with one attached hydrogen (secondary N) is 3. The molecule has 1 saturated heterocycles. The molecule has 9 heteroatoms. The number of hydrogen-bond acceptors (Lipinski definition) is 5. The molecule has 0 spiro atoms. The van der Waals surface area contributed by atoms with E-state index >= 15 is 0 Å². The highest BCUT2D eigenvalue weighted by molar-refractivity contribution is 6.00. The van der Waals surface area contributed by atoms with Crippen LogP contribution in [0.15, 0.2) is 48.5 Å². The lowest BCUT2D eigenvalue weighted by molar-refractivity contribution is -0.152. The number of benzene rings is 2. The second kappa shape index (κ2) is 14.3. The minimum absolute atomic E-state index is 0.100. The lowest BCUT2D eigenvalue weighted by Gasteiger charge is -2.34. The van der Waals surface area contributed by atoms with Gasteiger partial charge in [-0.25, -0.2) is 4.79 Å². The number of piperidine rings is 1. The van der Waals surface area contributed by atoms with Crippen molar-refractivity contribution in [3.8, 4) is 0 Å². The number of likely N-dealkylation sites (tertiary alicyclic amines) is 1. The fourth-order valence-electron chi connectivity index (χ4n) is 4.68. The predicted molar refractivity (Wildman–Crippen MR) is 151 cm³/mol. The van der Waals surface area contributed by atoms with Gasteiger partial charge in [-0.3, -0.25) is 14.4 Å². The van der Waals surface area contributed by atoms with Crippen LogP contribution in [0.5, 0.6) is 0 Å². The highest BCUT2D eigenvalue weighted by atomic mass is 16.5. The molecular formula is C30H40N4O5. The zero-order valence-electron chi connectivity index (χ0n) is 23.3. The van der Waals surface area contributed by atoms with Crippen LogP contribution >= 0.6 is 0 Å². The molecular weight excluding hydrogens is 496 g/mol. The molecule has 1 aliphatic heterocycles. The molecule has 2 aromatic carbocycles. The fourth-order valence-corrected chi connectivity index (χ4v) is 4.68. The fraction of sp³-hybridized carbons (Fsp3) is 0.467. The van der Waals surface area contributed by atoms with Gasteiger partial charge < -0.3 is 25.6 Å². The van der Waals surface area contributed by atoms with E-state index in [4.69, 9.17) is 4.74 Å². The van der Waals surface area contributed by atoms with E-state index in [0.717, 1.165) is 23.2 Å². The normalized spacial score (nSPS) is 15.8. The number of para-hydroxylation sites is 1. The summed E-state index contributed by atoms with van der Waals surface area (Å²) in [7, 11) is 0. The number of ether oxygens (including phenoxy) is 1. The van der Waals surface area contributed by atoms with Crippen molar-refractivity contribution >= 4 is 35.2 Å². The monoisotopic (exact) mass is 536 g/mol. The highest BCUT2D eigenvalue weighted by Gasteiger charge is 2.33. The lowest BCUT2D eigenvalue weighted by Crippen LogP contribution is -2.52. The van der Waals surface area contributed by atoms with Crippen molar-refractivity contribution in [1.82, 2.24) is 10.2 Å². The molecule has 9 nitrogen and oxygen atoms in total. The molecule has 210 valence electrons. The second-order valence-corrected chi connectivity index (χ2v) is 10.4. The SMILES string of the molecule is CCOC(=O)C1CCCN(C(=O)[C@H](CC(C)C)NC(=O)Cc2ccc(NC(=O)Nc3ccccc3C)cc2)C1. The topological polar surface area (TPSA) is 117 Å². The lowest BCUT2D eigenvalue weighted by atomic mass is 9.96. The Morgan fingerprint density at radius 2 is 1.74 bits per heavy atom. The van der Waals surface area contributed by atoms with E-state index in [9.17, 15) is 19.2 Å². The van der Waals surface area contributed by atoms with Gasteiger partial charge in [0, 0.05) is 24.5 Å². The van der Waals surface area contributed by atoms with Crippen molar-refractivity contribution in [1.29, 1.82) is 0 Å². The molecule has 0 aromatic heterocycles. The molecule has 0 bridgehead atoms. The zero-order chi connectivity index (χ0) is 28.4. The van der Waals surface area contributed by atoms with Crippen LogP contribution in [0.25, 0.3) is 0 Å². The number of nitrogens with zero attached hydrogens (tertiary/aromatic N) is 1. The molecule has 1 heterocycles. The molecule has 0 saturated carbocycles. The molecule has 0 radical (unpaired) electrons. The molecule has 1 fully saturated rings. The molecule has 0 aliphatic carbocycles. The van der Waals surface area contributed by atoms with Gasteiger partial charge in [-0.15, -0.1) is 0 Å². The molecule has 3 N–H and O–H groups in total. The van der Waals surface area contributed by atoms with Crippen LogP contribution in [0, 0.1) is 18.8 Å². The first-order valence-electron chi connectivity index (χ1n) is 13.6. The van der Waals surface area contributed by atoms with Gasteiger partial charge in [0.25, 0.3) is 0 Å². The number of carbonyl (C=O) groups is 4. The number of rotatable bonds is 10. The predicted octanol–water partition coefficient (Wildman–Crippen LogP) is 4.51. The molecule has 1 unspecified atom stereocenters. The van der Waals surface area contributed by atoms with E-state index in [1.807, 2.05) is 45.0 Å². The van der Waals surface area contributed by atoms with Gasteiger partial charge in [-0.2, -0.15) is 0 Å². The van der Waals surface area contributed by atoms with Gasteiger partial charge in [0.15, 0.2) is 0 Å². The Labute approximate surface area is 230 Å². The van der Waals surface area contributed by atoms with E-state index in [1.165, 1.54) is 0 Å². The van der Waals surface area contributed by atoms with Crippen LogP contribution in [0.1, 0.15) is 51.2 Å². The summed E-state index contributed by atoms with van der Waals surface area (Å²) in [4.78, 5) is 52.5. The standard InChI is InChI=1S/C30H40N4O5/c1-5-39-29(37)23-10-8-16-34(19-23)28(36)26(17-20(2)3)32-27(35)18-22-12-14-24(15-13-22)31-30(38)33-25-11-7-6-9-21(25)4/h6-7,9,11-15,20,23,26H,5,8,10,16-19H2,1-4H3,(H,32,35)(H2,31,33,38)/t23?,26-/m0/s1. The summed E-state index contributed by atoms with van der Waals surface area (Å²) in [6, 6.07) is 13.5. The first-order valence-corrected chi connectivity index (χ1v) is 13.6. The van der Waals surface area contributed by atoms with E-state index < -0.39 is 6.04 Å². The maximum Gasteiger partial charge on any atom is 0.323 e. The van der Waals surface area contributed by atoms with Gasteiger partial charge in [-0.05, 0) is 68.4 Å². The van der Waals surface area contributed by atoms with Gasteiger partial charge in [0.05, 0.1) is 18.9 Å². The zero-order valence-corrected chi connectivity index (χ0v) is 23.3. The number of carbonyl (C=O) groups excluding carboxylic acids is 4. The maximum atomic E-state index is 13.4. The number of urea groups is 1. The van der Waals surface area contributed by atoms with Crippen LogP contribution in [0.4, 0.5) is 16.2 Å². The van der Waals surface area contributed by atoms with E-state index in [2.05, 4.69) is 16.0 Å². The Morgan fingerprint density at radius 3 is 2.41 bits per heavy atom. The quantitative estimate of drug-likeness (QED) is 0.386. The minimum Gasteiger partial charge on any atom is -0.466 e. The molecule has 39 heavy (non-hydrogen) atoms. The van der Waals surface area contributed by atoms with Gasteiger partial charge >= 0.3 is 12.0 Å². The molecule has 1 aliphatic rings. The van der Waals surface area contributed by atoms with Gasteiger partial charge in [0.2, 0.25) is 11.8 Å². The summed E-state index contributed by atoms with van der Waals surface area (Å²) in [5.41, 5.74) is 3.05. The number of aryl methyl sites for hydroxylation is 1. The Bertz CT molecular complexity index is 1150. The first kappa shape index (κ1) is 29.7. The number of anilines is 2. The van der Waals surface area contributed by atoms with E-state index in [0.29, 0.717) is 38.2 Å². The van der Waals surface area contributed by atoms with Crippen LogP contribution < -0.4 is 16.0 Å². The molecule has 4 amide bonds. The highest BCUT2D eigenvalue weighted by Crippen LogP contribution is 2.20. The second-order valence-electron chi connectivity index (χ2n) is 10.4. The maximum absolute atomic E-state index is 13.4. The smallest absolute Gasteiger partial charge is 0.323 e. The Balaban J connectivity index is 1.56. The number of amides is 4. The van der Waals surface area contributed by atoms with Crippen molar-refractivity contribution in [2.24, 2.45) is 11.8 Å². The van der Waals surface area contributed by atoms with Crippen molar-refractivity contribution in [3.63, 3.8) is 0 Å². The summed E-state index contributed by atoms with van der Waals surface area (Å²) in [5, 5.41) is 8.52. The Kier molecular flexibility index (Phi) is 10.9. The summed E-state index contributed by atoms with van der Waals surface area (Å²) < 4.78 is 5.15. The third kappa shape index (κ3) is 9.12. The van der Waals surface area contributed by atoms with E-state index in [-0.39, 0.29) is 42.1 Å². The Morgan fingerprint density at radius 1 is 1.03 bits per heavy atom. The van der Waals surface area contributed by atoms with Crippen molar-refractivity contribution in [2.75, 3.05) is 30.3 Å². The molecule has 3 rings (SSSR count). The van der Waals surface area contributed by atoms with Crippen molar-refractivity contribution < 1.29 is 23.9 Å². The van der Waals surface area contributed by atoms with Crippen LogP contribution in [0.3, 0.4) is 0 Å². The summed E-state index contributed by atoms with van der Waals surface area (Å²) in [5.74, 6) is -0.827. The van der Waals surface area contributed by atoms with Crippen molar-refractivity contribution in [2.45, 2.75) is 59.4 Å². The van der Waals surface area contributed by atoms with Gasteiger partial charge in [-0.1, -0.05) is 44.2 Å². The summed E-state index contributed by atoms with van der Waals surface area (Å²) in [6.45, 7) is 8.88. The largest absolute Gasteiger partial charge is 0.466 e. The Hall–Kier alpha value is -3.88. The first-order chi connectivity index (χ1) is 18.7. The average molecular weight is 537 g/mol. The van der Waals surface area contributed by atoms with Crippen LogP contribution in [-0.2, 0) is 25.5 Å². The molecule has 2 aromatic rings. The average Bonchev–Trinajstić information content (AvgIpc) is 2.90. The summed E-state index contributed by atoms with van der Waals surface area (Å²) >= 11 is 0. The number of esters is 1. The summed E-state index contributed by atoms with van der Waals surface area (Å²) in [6.07, 6.45) is 2.02. The van der Waals surface area contributed by atoms with Crippen LogP contribution in [0.2, 0.25) is 0 Å². The third-order valence-electron chi connectivity index (χ3n) is 6.66. The van der Waals surface area contributed by atoms with Crippen molar-refractivity contribution in [3.05, 3.63) is 59.7 Å². The number of hydrogen-bond donors (Lipinski definition) is 3. The third-order valence-corrected chi connectivity index (χ3v) is 6.66. The van der Waals surface area contributed by atoms with Gasteiger partial charge in [0.1, 0.15) is 6.04 Å². The van der Waals surface area contributed by atoms with E-state index in [1.54, 1.807) is 36.1 Å².